The van der Waals surface area contributed by atoms with Gasteiger partial charge < -0.3 is 4.90 Å². The molecule has 1 atom stereocenters. The monoisotopic (exact) mass is 270 g/mol. The Labute approximate surface area is 118 Å². The zero-order valence-corrected chi connectivity index (χ0v) is 11.8. The van der Waals surface area contributed by atoms with E-state index in [0.29, 0.717) is 25.1 Å². The summed E-state index contributed by atoms with van der Waals surface area (Å²) in [4.78, 5) is 28.5. The van der Waals surface area contributed by atoms with Crippen LogP contribution in [0.4, 0.5) is 0 Å². The van der Waals surface area contributed by atoms with Crippen molar-refractivity contribution in [3.05, 3.63) is 41.0 Å². The summed E-state index contributed by atoms with van der Waals surface area (Å²) in [5, 5.41) is 0. The number of carbonyl (C=O) groups excluding carboxylic acids is 2. The summed E-state index contributed by atoms with van der Waals surface area (Å²) in [6.45, 7) is 1.14. The number of hydrogen-bond donors (Lipinski definition) is 0. The lowest BCUT2D eigenvalue weighted by atomic mass is 9.80. The number of carbonyl (C=O) groups is 2. The number of rotatable bonds is 3. The van der Waals surface area contributed by atoms with E-state index in [0.717, 1.165) is 11.1 Å². The molecule has 4 heteroatoms. The van der Waals surface area contributed by atoms with Crippen molar-refractivity contribution >= 4 is 17.9 Å². The molecule has 0 saturated carbocycles. The molecule has 0 N–H and O–H groups in total. The summed E-state index contributed by atoms with van der Waals surface area (Å²) in [6.07, 6.45) is 4.72. The van der Waals surface area contributed by atoms with Gasteiger partial charge in [0.05, 0.1) is 5.92 Å². The van der Waals surface area contributed by atoms with E-state index in [1.807, 2.05) is 49.3 Å². The van der Waals surface area contributed by atoms with Gasteiger partial charge in [-0.15, -0.1) is 0 Å². The van der Waals surface area contributed by atoms with Gasteiger partial charge in [-0.1, -0.05) is 24.3 Å². The lowest BCUT2D eigenvalue weighted by Gasteiger charge is -2.35. The minimum atomic E-state index is -0.189. The molecule has 1 aliphatic carbocycles. The van der Waals surface area contributed by atoms with Crippen molar-refractivity contribution in [3.8, 4) is 0 Å². The smallest absolute Gasteiger partial charge is 0.260 e. The first-order valence-corrected chi connectivity index (χ1v) is 6.89. The summed E-state index contributed by atoms with van der Waals surface area (Å²) < 4.78 is 0. The number of amides is 2. The molecule has 4 nitrogen and oxygen atoms in total. The van der Waals surface area contributed by atoms with E-state index in [1.165, 1.54) is 4.90 Å². The first-order chi connectivity index (χ1) is 9.59. The molecule has 0 saturated heterocycles. The van der Waals surface area contributed by atoms with E-state index in [-0.39, 0.29) is 17.7 Å². The van der Waals surface area contributed by atoms with Gasteiger partial charge in [-0.05, 0) is 37.7 Å². The Hall–Kier alpha value is -1.94. The Morgan fingerprint density at radius 1 is 1.30 bits per heavy atom. The van der Waals surface area contributed by atoms with E-state index in [9.17, 15) is 9.59 Å². The van der Waals surface area contributed by atoms with Crippen LogP contribution >= 0.6 is 0 Å². The van der Waals surface area contributed by atoms with Gasteiger partial charge in [0, 0.05) is 18.7 Å². The van der Waals surface area contributed by atoms with Gasteiger partial charge in [-0.2, -0.15) is 0 Å². The standard InChI is InChI=1S/C16H18N2O2/c1-17(2)9-10-18-15(19)12-7-3-5-11-6-4-8-13(14(11)12)16(18)20/h3-7,13H,8-10H2,1-2H3. The molecule has 20 heavy (non-hydrogen) atoms. The molecule has 104 valence electrons. The van der Waals surface area contributed by atoms with Crippen LogP contribution in [0.2, 0.25) is 0 Å². The van der Waals surface area contributed by atoms with Crippen molar-refractivity contribution in [2.24, 2.45) is 0 Å². The second kappa shape index (κ2) is 4.87. The summed E-state index contributed by atoms with van der Waals surface area (Å²) in [7, 11) is 3.88. The van der Waals surface area contributed by atoms with E-state index in [1.54, 1.807) is 0 Å². The largest absolute Gasteiger partial charge is 0.308 e. The highest BCUT2D eigenvalue weighted by atomic mass is 16.2. The van der Waals surface area contributed by atoms with Crippen molar-refractivity contribution < 1.29 is 9.59 Å². The number of imide groups is 1. The molecule has 2 aliphatic rings. The quantitative estimate of drug-likeness (QED) is 0.785. The Morgan fingerprint density at radius 2 is 2.10 bits per heavy atom. The van der Waals surface area contributed by atoms with Gasteiger partial charge >= 0.3 is 0 Å². The van der Waals surface area contributed by atoms with E-state index >= 15 is 0 Å². The fraction of sp³-hybridized carbons (Fsp3) is 0.375. The van der Waals surface area contributed by atoms with Gasteiger partial charge in [0.15, 0.2) is 0 Å². The molecular formula is C16H18N2O2. The molecule has 1 aromatic carbocycles. The van der Waals surface area contributed by atoms with Crippen molar-refractivity contribution in [3.63, 3.8) is 0 Å². The molecule has 1 heterocycles. The van der Waals surface area contributed by atoms with Crippen LogP contribution in [-0.4, -0.2) is 48.8 Å². The third kappa shape index (κ3) is 1.96. The molecule has 0 spiro atoms. The number of benzene rings is 1. The highest BCUT2D eigenvalue weighted by Gasteiger charge is 2.39. The molecule has 0 bridgehead atoms. The van der Waals surface area contributed by atoms with Gasteiger partial charge in [0.2, 0.25) is 5.91 Å². The zero-order chi connectivity index (χ0) is 14.3. The third-order valence-electron chi connectivity index (χ3n) is 3.97. The number of allylic oxidation sites excluding steroid dienone is 1. The average molecular weight is 270 g/mol. The summed E-state index contributed by atoms with van der Waals surface area (Å²) in [6, 6.07) is 5.69. The maximum atomic E-state index is 12.6. The molecule has 3 rings (SSSR count). The fourth-order valence-corrected chi connectivity index (χ4v) is 2.92. The van der Waals surface area contributed by atoms with Crippen LogP contribution in [0.3, 0.4) is 0 Å². The first-order valence-electron chi connectivity index (χ1n) is 6.89. The van der Waals surface area contributed by atoms with Crippen LogP contribution in [0.25, 0.3) is 6.08 Å². The first kappa shape index (κ1) is 13.1. The van der Waals surface area contributed by atoms with E-state index in [4.69, 9.17) is 0 Å². The van der Waals surface area contributed by atoms with Crippen LogP contribution in [0.1, 0.15) is 33.8 Å². The predicted octanol–water partition coefficient (Wildman–Crippen LogP) is 1.73. The fourth-order valence-electron chi connectivity index (χ4n) is 2.92. The number of nitrogens with zero attached hydrogens (tertiary/aromatic N) is 2. The molecule has 1 aromatic rings. The molecule has 0 radical (unpaired) electrons. The maximum Gasteiger partial charge on any atom is 0.260 e. The molecule has 1 unspecified atom stereocenters. The lowest BCUT2D eigenvalue weighted by Crippen LogP contribution is -2.47. The Kier molecular flexibility index (Phi) is 3.18. The summed E-state index contributed by atoms with van der Waals surface area (Å²) in [5.41, 5.74) is 2.62. The second-order valence-corrected chi connectivity index (χ2v) is 5.60. The molecular weight excluding hydrogens is 252 g/mol. The highest BCUT2D eigenvalue weighted by molar-refractivity contribution is 6.12. The highest BCUT2D eigenvalue weighted by Crippen LogP contribution is 2.37. The minimum absolute atomic E-state index is 0.0545. The normalized spacial score (nSPS) is 20.6. The molecule has 0 aromatic heterocycles. The third-order valence-corrected chi connectivity index (χ3v) is 3.97. The van der Waals surface area contributed by atoms with Gasteiger partial charge in [-0.3, -0.25) is 14.5 Å². The van der Waals surface area contributed by atoms with Gasteiger partial charge in [0.1, 0.15) is 0 Å². The number of likely N-dealkylation sites (N-methyl/N-ethyl adjacent to an activating group) is 1. The van der Waals surface area contributed by atoms with Crippen molar-refractivity contribution in [1.29, 1.82) is 0 Å². The van der Waals surface area contributed by atoms with Crippen molar-refractivity contribution in [2.75, 3.05) is 27.2 Å². The van der Waals surface area contributed by atoms with Crippen molar-refractivity contribution in [1.82, 2.24) is 9.80 Å². The zero-order valence-electron chi connectivity index (χ0n) is 11.8. The van der Waals surface area contributed by atoms with E-state index in [2.05, 4.69) is 0 Å². The number of hydrogen-bond acceptors (Lipinski definition) is 3. The Morgan fingerprint density at radius 3 is 2.85 bits per heavy atom. The van der Waals surface area contributed by atoms with Crippen LogP contribution in [0, 0.1) is 0 Å². The van der Waals surface area contributed by atoms with E-state index < -0.39 is 0 Å². The second-order valence-electron chi connectivity index (χ2n) is 5.60. The summed E-state index contributed by atoms with van der Waals surface area (Å²) in [5.74, 6) is -0.396. The summed E-state index contributed by atoms with van der Waals surface area (Å²) >= 11 is 0. The molecule has 1 aliphatic heterocycles. The minimum Gasteiger partial charge on any atom is -0.308 e. The Balaban J connectivity index is 2.01. The topological polar surface area (TPSA) is 40.6 Å². The van der Waals surface area contributed by atoms with Gasteiger partial charge in [-0.25, -0.2) is 0 Å². The SMILES string of the molecule is CN(C)CCN1C(=O)c2cccc3c2C(CC=C3)C1=O. The van der Waals surface area contributed by atoms with Crippen LogP contribution in [0.15, 0.2) is 24.3 Å². The maximum absolute atomic E-state index is 12.6. The van der Waals surface area contributed by atoms with Crippen LogP contribution in [-0.2, 0) is 4.79 Å². The van der Waals surface area contributed by atoms with Gasteiger partial charge in [0.25, 0.3) is 5.91 Å². The van der Waals surface area contributed by atoms with Crippen molar-refractivity contribution in [2.45, 2.75) is 12.3 Å². The lowest BCUT2D eigenvalue weighted by molar-refractivity contribution is -0.130. The van der Waals surface area contributed by atoms with Crippen LogP contribution < -0.4 is 0 Å². The molecule has 0 fully saturated rings. The Bertz CT molecular complexity index is 604. The predicted molar refractivity (Wildman–Crippen MR) is 77.4 cm³/mol. The molecule has 2 amide bonds. The van der Waals surface area contributed by atoms with Crippen LogP contribution in [0.5, 0.6) is 0 Å². The average Bonchev–Trinajstić information content (AvgIpc) is 2.44.